The number of fused-ring (bicyclic) bond motifs is 1. The van der Waals surface area contributed by atoms with Gasteiger partial charge in [0, 0.05) is 16.5 Å². The summed E-state index contributed by atoms with van der Waals surface area (Å²) in [6.45, 7) is 0. The molecule has 1 aromatic heterocycles. The molecule has 2 amide bonds. The summed E-state index contributed by atoms with van der Waals surface area (Å²) in [6.07, 6.45) is 2.57. The van der Waals surface area contributed by atoms with Crippen LogP contribution < -0.4 is 15.8 Å². The Morgan fingerprint density at radius 1 is 1.36 bits per heavy atom. The molecule has 25 heavy (non-hydrogen) atoms. The van der Waals surface area contributed by atoms with Crippen LogP contribution in [0.5, 0.6) is 5.75 Å². The molecular formula is C16H15N3O5S. The van der Waals surface area contributed by atoms with Gasteiger partial charge in [0.25, 0.3) is 11.8 Å². The van der Waals surface area contributed by atoms with Gasteiger partial charge in [-0.3, -0.25) is 19.7 Å². The molecule has 0 spiro atoms. The molecule has 0 atom stereocenters. The van der Waals surface area contributed by atoms with Crippen LogP contribution in [0, 0.1) is 10.1 Å². The highest BCUT2D eigenvalue weighted by atomic mass is 32.1. The number of carbonyl (C=O) groups is 2. The Bertz CT molecular complexity index is 890. The number of aryl methyl sites for hydroxylation is 1. The normalized spacial score (nSPS) is 12.5. The molecule has 0 bridgehead atoms. The van der Waals surface area contributed by atoms with Crippen molar-refractivity contribution in [2.75, 3.05) is 12.4 Å². The summed E-state index contributed by atoms with van der Waals surface area (Å²) in [5, 5.41) is 14.1. The minimum absolute atomic E-state index is 0.0643. The summed E-state index contributed by atoms with van der Waals surface area (Å²) in [7, 11) is 1.31. The third-order valence-corrected chi connectivity index (χ3v) is 5.24. The first kappa shape index (κ1) is 16.9. The second kappa shape index (κ2) is 6.52. The van der Waals surface area contributed by atoms with Crippen LogP contribution in [0.25, 0.3) is 0 Å². The molecule has 2 aromatic rings. The van der Waals surface area contributed by atoms with Crippen LogP contribution in [-0.4, -0.2) is 23.8 Å². The number of nitrogens with two attached hydrogens (primary N) is 1. The van der Waals surface area contributed by atoms with E-state index in [0.29, 0.717) is 10.6 Å². The summed E-state index contributed by atoms with van der Waals surface area (Å²) in [6, 6.07) is 3.92. The highest BCUT2D eigenvalue weighted by Gasteiger charge is 2.27. The summed E-state index contributed by atoms with van der Waals surface area (Å²) >= 11 is 1.33. The third kappa shape index (κ3) is 3.05. The smallest absolute Gasteiger partial charge is 0.311 e. The Morgan fingerprint density at radius 3 is 2.76 bits per heavy atom. The van der Waals surface area contributed by atoms with Gasteiger partial charge in [-0.15, -0.1) is 11.3 Å². The summed E-state index contributed by atoms with van der Waals surface area (Å²) < 4.78 is 4.92. The summed E-state index contributed by atoms with van der Waals surface area (Å²) in [4.78, 5) is 35.7. The lowest BCUT2D eigenvalue weighted by atomic mass is 10.1. The van der Waals surface area contributed by atoms with Gasteiger partial charge in [-0.05, 0) is 37.0 Å². The van der Waals surface area contributed by atoms with Gasteiger partial charge >= 0.3 is 5.69 Å². The topological polar surface area (TPSA) is 125 Å². The molecule has 1 aliphatic rings. The SMILES string of the molecule is COc1ccc(C(=O)Nc2sc3c(c2C(N)=O)CCC3)cc1[N+](=O)[O-]. The zero-order valence-electron chi connectivity index (χ0n) is 13.3. The Kier molecular flexibility index (Phi) is 4.41. The Morgan fingerprint density at radius 2 is 2.12 bits per heavy atom. The number of ether oxygens (including phenoxy) is 1. The van der Waals surface area contributed by atoms with Crippen LogP contribution in [0.4, 0.5) is 10.7 Å². The zero-order chi connectivity index (χ0) is 18.1. The number of nitrogens with one attached hydrogen (secondary N) is 1. The lowest BCUT2D eigenvalue weighted by molar-refractivity contribution is -0.385. The van der Waals surface area contributed by atoms with E-state index in [0.717, 1.165) is 35.8 Å². The first-order valence-corrected chi connectivity index (χ1v) is 8.32. The fraction of sp³-hybridized carbons (Fsp3) is 0.250. The van der Waals surface area contributed by atoms with Crippen LogP contribution in [0.3, 0.4) is 0 Å². The number of rotatable bonds is 5. The van der Waals surface area contributed by atoms with E-state index in [-0.39, 0.29) is 17.0 Å². The maximum atomic E-state index is 12.5. The van der Waals surface area contributed by atoms with E-state index in [1.165, 1.54) is 30.6 Å². The monoisotopic (exact) mass is 361 g/mol. The van der Waals surface area contributed by atoms with E-state index in [9.17, 15) is 19.7 Å². The fourth-order valence-electron chi connectivity index (χ4n) is 2.90. The minimum atomic E-state index is -0.621. The van der Waals surface area contributed by atoms with Gasteiger partial charge in [0.05, 0.1) is 17.6 Å². The molecule has 0 unspecified atom stereocenters. The number of nitro benzene ring substituents is 1. The van der Waals surface area contributed by atoms with Crippen molar-refractivity contribution < 1.29 is 19.2 Å². The number of nitrogens with zero attached hydrogens (tertiary/aromatic N) is 1. The third-order valence-electron chi connectivity index (χ3n) is 4.03. The second-order valence-corrected chi connectivity index (χ2v) is 6.63. The fourth-order valence-corrected chi connectivity index (χ4v) is 4.19. The van der Waals surface area contributed by atoms with E-state index >= 15 is 0 Å². The number of hydrogen-bond donors (Lipinski definition) is 2. The van der Waals surface area contributed by atoms with E-state index in [1.54, 1.807) is 0 Å². The van der Waals surface area contributed by atoms with Crippen LogP contribution in [0.15, 0.2) is 18.2 Å². The minimum Gasteiger partial charge on any atom is -0.490 e. The second-order valence-electron chi connectivity index (χ2n) is 5.52. The first-order valence-electron chi connectivity index (χ1n) is 7.50. The zero-order valence-corrected chi connectivity index (χ0v) is 14.1. The molecule has 0 radical (unpaired) electrons. The number of methoxy groups -OCH3 is 1. The predicted octanol–water partition coefficient (Wildman–Crippen LogP) is 2.50. The Hall–Kier alpha value is -2.94. The van der Waals surface area contributed by atoms with Crippen molar-refractivity contribution in [3.05, 3.63) is 49.9 Å². The highest BCUT2D eigenvalue weighted by Crippen LogP contribution is 2.39. The maximum Gasteiger partial charge on any atom is 0.311 e. The summed E-state index contributed by atoms with van der Waals surface area (Å²) in [5.41, 5.74) is 6.48. The van der Waals surface area contributed by atoms with Crippen molar-refractivity contribution in [3.63, 3.8) is 0 Å². The van der Waals surface area contributed by atoms with E-state index in [1.807, 2.05) is 0 Å². The van der Waals surface area contributed by atoms with Crippen LogP contribution in [0.2, 0.25) is 0 Å². The molecule has 1 heterocycles. The van der Waals surface area contributed by atoms with Gasteiger partial charge in [0.15, 0.2) is 5.75 Å². The van der Waals surface area contributed by atoms with Crippen LogP contribution in [-0.2, 0) is 12.8 Å². The average molecular weight is 361 g/mol. The number of anilines is 1. The van der Waals surface area contributed by atoms with Crippen molar-refractivity contribution in [2.24, 2.45) is 5.73 Å². The Balaban J connectivity index is 1.92. The molecule has 0 fully saturated rings. The lowest BCUT2D eigenvalue weighted by Crippen LogP contribution is -2.18. The van der Waals surface area contributed by atoms with Crippen LogP contribution in [0.1, 0.15) is 37.6 Å². The maximum absolute atomic E-state index is 12.5. The number of primary amides is 1. The predicted molar refractivity (Wildman–Crippen MR) is 92.5 cm³/mol. The number of carbonyl (C=O) groups excluding carboxylic acids is 2. The average Bonchev–Trinajstić information content (AvgIpc) is 3.14. The Labute approximate surface area is 146 Å². The first-order chi connectivity index (χ1) is 11.9. The van der Waals surface area contributed by atoms with Gasteiger partial charge in [-0.1, -0.05) is 0 Å². The van der Waals surface area contributed by atoms with E-state index in [4.69, 9.17) is 10.5 Å². The number of amides is 2. The van der Waals surface area contributed by atoms with E-state index < -0.39 is 16.7 Å². The van der Waals surface area contributed by atoms with Crippen molar-refractivity contribution >= 4 is 33.8 Å². The molecule has 1 aromatic carbocycles. The molecule has 130 valence electrons. The number of thiophene rings is 1. The quantitative estimate of drug-likeness (QED) is 0.625. The number of hydrogen-bond acceptors (Lipinski definition) is 6. The standard InChI is InChI=1S/C16H15N3O5S/c1-24-11-6-5-8(7-10(11)19(22)23)15(21)18-16-13(14(17)20)9-3-2-4-12(9)25-16/h5-7H,2-4H2,1H3,(H2,17,20)(H,18,21). The van der Waals surface area contributed by atoms with Gasteiger partial charge in [0.2, 0.25) is 0 Å². The molecule has 0 aliphatic heterocycles. The highest BCUT2D eigenvalue weighted by molar-refractivity contribution is 7.17. The van der Waals surface area contributed by atoms with Gasteiger partial charge in [-0.2, -0.15) is 0 Å². The van der Waals surface area contributed by atoms with Crippen molar-refractivity contribution in [3.8, 4) is 5.75 Å². The molecule has 3 N–H and O–H groups in total. The van der Waals surface area contributed by atoms with Gasteiger partial charge in [-0.25, -0.2) is 0 Å². The van der Waals surface area contributed by atoms with E-state index in [2.05, 4.69) is 5.32 Å². The number of benzene rings is 1. The van der Waals surface area contributed by atoms with Crippen molar-refractivity contribution in [1.29, 1.82) is 0 Å². The van der Waals surface area contributed by atoms with Crippen molar-refractivity contribution in [1.82, 2.24) is 0 Å². The molecule has 8 nitrogen and oxygen atoms in total. The number of nitro groups is 1. The van der Waals surface area contributed by atoms with Crippen LogP contribution >= 0.6 is 11.3 Å². The largest absolute Gasteiger partial charge is 0.490 e. The molecule has 0 saturated carbocycles. The molecule has 1 aliphatic carbocycles. The molecule has 0 saturated heterocycles. The van der Waals surface area contributed by atoms with Gasteiger partial charge < -0.3 is 15.8 Å². The summed E-state index contributed by atoms with van der Waals surface area (Å²) in [5.74, 6) is -1.07. The molecular weight excluding hydrogens is 346 g/mol. The molecule has 3 rings (SSSR count). The lowest BCUT2D eigenvalue weighted by Gasteiger charge is -2.07. The van der Waals surface area contributed by atoms with Gasteiger partial charge in [0.1, 0.15) is 5.00 Å². The molecule has 9 heteroatoms. The van der Waals surface area contributed by atoms with Crippen molar-refractivity contribution in [2.45, 2.75) is 19.3 Å².